The second-order valence-electron chi connectivity index (χ2n) is 5.95. The van der Waals surface area contributed by atoms with Gasteiger partial charge in [-0.15, -0.1) is 0 Å². The first kappa shape index (κ1) is 14.9. The summed E-state index contributed by atoms with van der Waals surface area (Å²) in [4.78, 5) is 12.1. The van der Waals surface area contributed by atoms with E-state index in [4.69, 9.17) is 4.74 Å². The van der Waals surface area contributed by atoms with E-state index in [1.807, 2.05) is 20.8 Å². The topological polar surface area (TPSA) is 38.3 Å². The number of carbonyl (C=O) groups is 1. The highest BCUT2D eigenvalue weighted by Crippen LogP contribution is 2.46. The molecule has 0 bridgehead atoms. The summed E-state index contributed by atoms with van der Waals surface area (Å²) < 4.78 is 31.7. The molecule has 0 radical (unpaired) electrons. The highest BCUT2D eigenvalue weighted by Gasteiger charge is 2.55. The minimum Gasteiger partial charge on any atom is -0.380 e. The third-order valence-electron chi connectivity index (χ3n) is 4.20. The molecular weight excluding hydrogens is 264 g/mol. The number of nitrogens with one attached hydrogen (secondary N) is 1. The molecule has 1 amide bonds. The molecule has 1 aromatic carbocycles. The molecule has 0 saturated heterocycles. The van der Waals surface area contributed by atoms with Crippen LogP contribution in [0.1, 0.15) is 31.1 Å². The van der Waals surface area contributed by atoms with Crippen molar-refractivity contribution in [2.24, 2.45) is 11.3 Å². The minimum absolute atomic E-state index is 0.00799. The molecule has 0 unspecified atom stereocenters. The first-order valence-electron chi connectivity index (χ1n) is 6.57. The molecule has 20 heavy (non-hydrogen) atoms. The SMILES string of the molecule is CO[C@@H]1[C@H](C)[C@H](NC(=O)c2cc(F)cc(F)c2)C1(C)C. The molecule has 0 spiro atoms. The van der Waals surface area contributed by atoms with E-state index in [1.165, 1.54) is 0 Å². The van der Waals surface area contributed by atoms with Crippen LogP contribution < -0.4 is 5.32 Å². The molecule has 1 aliphatic rings. The van der Waals surface area contributed by atoms with Crippen molar-refractivity contribution in [1.29, 1.82) is 0 Å². The van der Waals surface area contributed by atoms with Gasteiger partial charge in [-0.05, 0) is 12.1 Å². The molecule has 0 aromatic heterocycles. The molecule has 110 valence electrons. The Balaban J connectivity index is 2.13. The second kappa shape index (κ2) is 5.13. The van der Waals surface area contributed by atoms with Crippen LogP contribution >= 0.6 is 0 Å². The lowest BCUT2D eigenvalue weighted by Crippen LogP contribution is -2.67. The van der Waals surface area contributed by atoms with Crippen LogP contribution in [0.5, 0.6) is 0 Å². The van der Waals surface area contributed by atoms with Gasteiger partial charge in [0.1, 0.15) is 11.6 Å². The van der Waals surface area contributed by atoms with Crippen LogP contribution in [-0.4, -0.2) is 25.2 Å². The summed E-state index contributed by atoms with van der Waals surface area (Å²) in [6.07, 6.45) is 0.0528. The Morgan fingerprint density at radius 1 is 1.25 bits per heavy atom. The molecule has 0 aliphatic heterocycles. The van der Waals surface area contributed by atoms with Crippen molar-refractivity contribution in [1.82, 2.24) is 5.32 Å². The maximum absolute atomic E-state index is 13.1. The Labute approximate surface area is 117 Å². The average Bonchev–Trinajstić information content (AvgIpc) is 2.34. The van der Waals surface area contributed by atoms with Crippen molar-refractivity contribution in [3.05, 3.63) is 35.4 Å². The molecule has 1 fully saturated rings. The predicted octanol–water partition coefficient (Wildman–Crippen LogP) is 2.75. The Morgan fingerprint density at radius 2 is 1.80 bits per heavy atom. The Bertz CT molecular complexity index is 510. The zero-order valence-electron chi connectivity index (χ0n) is 12.0. The number of hydrogen-bond donors (Lipinski definition) is 1. The van der Waals surface area contributed by atoms with Crippen LogP contribution in [0.3, 0.4) is 0 Å². The number of halogens is 2. The zero-order chi connectivity index (χ0) is 15.1. The van der Waals surface area contributed by atoms with E-state index in [2.05, 4.69) is 5.32 Å². The Hall–Kier alpha value is -1.49. The molecule has 3 nitrogen and oxygen atoms in total. The summed E-state index contributed by atoms with van der Waals surface area (Å²) in [5.74, 6) is -1.84. The first-order valence-corrected chi connectivity index (χ1v) is 6.57. The van der Waals surface area contributed by atoms with Gasteiger partial charge in [0.25, 0.3) is 5.91 Å². The lowest BCUT2D eigenvalue weighted by molar-refractivity contribution is -0.141. The van der Waals surface area contributed by atoms with E-state index in [9.17, 15) is 13.6 Å². The van der Waals surface area contributed by atoms with Gasteiger partial charge in [0.2, 0.25) is 0 Å². The van der Waals surface area contributed by atoms with E-state index in [1.54, 1.807) is 7.11 Å². The van der Waals surface area contributed by atoms with E-state index in [0.717, 1.165) is 18.2 Å². The summed E-state index contributed by atoms with van der Waals surface area (Å²) in [5, 5.41) is 2.84. The molecule has 1 aliphatic carbocycles. The maximum Gasteiger partial charge on any atom is 0.251 e. The first-order chi connectivity index (χ1) is 9.27. The highest BCUT2D eigenvalue weighted by molar-refractivity contribution is 5.94. The predicted molar refractivity (Wildman–Crippen MR) is 71.4 cm³/mol. The van der Waals surface area contributed by atoms with Crippen LogP contribution in [0.4, 0.5) is 8.78 Å². The third-order valence-corrected chi connectivity index (χ3v) is 4.20. The fourth-order valence-corrected chi connectivity index (χ4v) is 3.33. The minimum atomic E-state index is -0.758. The monoisotopic (exact) mass is 283 g/mol. The van der Waals surface area contributed by atoms with Crippen LogP contribution in [0.15, 0.2) is 18.2 Å². The van der Waals surface area contributed by atoms with E-state index < -0.39 is 17.5 Å². The molecule has 0 heterocycles. The van der Waals surface area contributed by atoms with Crippen molar-refractivity contribution in [3.63, 3.8) is 0 Å². The van der Waals surface area contributed by atoms with Crippen molar-refractivity contribution < 1.29 is 18.3 Å². The highest BCUT2D eigenvalue weighted by atomic mass is 19.1. The number of hydrogen-bond acceptors (Lipinski definition) is 2. The van der Waals surface area contributed by atoms with Gasteiger partial charge in [-0.3, -0.25) is 4.79 Å². The number of rotatable bonds is 3. The van der Waals surface area contributed by atoms with Gasteiger partial charge in [0.05, 0.1) is 6.10 Å². The zero-order valence-corrected chi connectivity index (χ0v) is 12.0. The van der Waals surface area contributed by atoms with Crippen molar-refractivity contribution in [2.75, 3.05) is 7.11 Å². The summed E-state index contributed by atoms with van der Waals surface area (Å²) in [5.41, 5.74) is -0.221. The third kappa shape index (κ3) is 2.42. The smallest absolute Gasteiger partial charge is 0.251 e. The van der Waals surface area contributed by atoms with Gasteiger partial charge in [0.15, 0.2) is 0 Å². The van der Waals surface area contributed by atoms with Crippen LogP contribution in [-0.2, 0) is 4.74 Å². The normalized spacial score (nSPS) is 27.8. The fourth-order valence-electron chi connectivity index (χ4n) is 3.33. The van der Waals surface area contributed by atoms with Gasteiger partial charge < -0.3 is 10.1 Å². The number of amides is 1. The van der Waals surface area contributed by atoms with Crippen LogP contribution in [0.25, 0.3) is 0 Å². The Morgan fingerprint density at radius 3 is 2.25 bits per heavy atom. The van der Waals surface area contributed by atoms with Gasteiger partial charge in [-0.2, -0.15) is 0 Å². The van der Waals surface area contributed by atoms with Gasteiger partial charge >= 0.3 is 0 Å². The average molecular weight is 283 g/mol. The number of carbonyl (C=O) groups excluding carboxylic acids is 1. The van der Waals surface area contributed by atoms with Crippen LogP contribution in [0.2, 0.25) is 0 Å². The molecule has 5 heteroatoms. The molecule has 1 saturated carbocycles. The summed E-state index contributed by atoms with van der Waals surface area (Å²) in [6.45, 7) is 5.98. The molecular formula is C15H19F2NO2. The number of benzene rings is 1. The van der Waals surface area contributed by atoms with Gasteiger partial charge in [0, 0.05) is 36.1 Å². The summed E-state index contributed by atoms with van der Waals surface area (Å²) in [7, 11) is 1.64. The second-order valence-corrected chi connectivity index (χ2v) is 5.95. The quantitative estimate of drug-likeness (QED) is 0.926. The van der Waals surface area contributed by atoms with Gasteiger partial charge in [-0.1, -0.05) is 20.8 Å². The largest absolute Gasteiger partial charge is 0.380 e. The summed E-state index contributed by atoms with van der Waals surface area (Å²) >= 11 is 0. The molecule has 2 rings (SSSR count). The molecule has 1 N–H and O–H groups in total. The lowest BCUT2D eigenvalue weighted by atomic mass is 9.58. The van der Waals surface area contributed by atoms with Crippen LogP contribution in [0, 0.1) is 23.0 Å². The van der Waals surface area contributed by atoms with Gasteiger partial charge in [-0.25, -0.2) is 8.78 Å². The van der Waals surface area contributed by atoms with E-state index in [0.29, 0.717) is 0 Å². The number of methoxy groups -OCH3 is 1. The van der Waals surface area contributed by atoms with Crippen molar-refractivity contribution >= 4 is 5.91 Å². The number of ether oxygens (including phenoxy) is 1. The summed E-state index contributed by atoms with van der Waals surface area (Å²) in [6, 6.07) is 2.71. The molecule has 3 atom stereocenters. The van der Waals surface area contributed by atoms with Crippen molar-refractivity contribution in [3.8, 4) is 0 Å². The van der Waals surface area contributed by atoms with E-state index >= 15 is 0 Å². The standard InChI is InChI=1S/C15H19F2NO2/c1-8-12(15(2,3)13(8)20-4)18-14(19)9-5-10(16)7-11(17)6-9/h5-8,12-13H,1-4H3,(H,18,19)/t8-,12+,13-/m1/s1. The lowest BCUT2D eigenvalue weighted by Gasteiger charge is -2.56. The molecule has 1 aromatic rings. The maximum atomic E-state index is 13.1. The van der Waals surface area contributed by atoms with Crippen molar-refractivity contribution in [2.45, 2.75) is 32.9 Å². The Kier molecular flexibility index (Phi) is 3.82. The fraction of sp³-hybridized carbons (Fsp3) is 0.533. The van der Waals surface area contributed by atoms with E-state index in [-0.39, 0.29) is 29.0 Å².